The molecule has 10 heteroatoms. The zero-order valence-corrected chi connectivity index (χ0v) is 20.4. The highest BCUT2D eigenvalue weighted by molar-refractivity contribution is 6.32. The Balaban J connectivity index is 1.35. The molecule has 1 N–H and O–H groups in total. The summed E-state index contributed by atoms with van der Waals surface area (Å²) in [7, 11) is 0. The van der Waals surface area contributed by atoms with Gasteiger partial charge in [0.05, 0.1) is 15.5 Å². The van der Waals surface area contributed by atoms with E-state index in [0.717, 1.165) is 0 Å². The van der Waals surface area contributed by atoms with Gasteiger partial charge >= 0.3 is 11.7 Å². The van der Waals surface area contributed by atoms with E-state index in [1.807, 2.05) is 0 Å². The fourth-order valence-electron chi connectivity index (χ4n) is 3.38. The number of hydrogen-bond donors (Lipinski definition) is 1. The normalized spacial score (nSPS) is 10.3. The maximum atomic E-state index is 12.5. The Morgan fingerprint density at radius 1 is 0.816 bits per heavy atom. The van der Waals surface area contributed by atoms with Crippen LogP contribution >= 0.6 is 11.6 Å². The Hall–Kier alpha value is -5.02. The third kappa shape index (κ3) is 6.40. The maximum absolute atomic E-state index is 12.5. The number of ketones is 1. The molecule has 1 amide bonds. The molecule has 0 radical (unpaired) electrons. The lowest BCUT2D eigenvalue weighted by Gasteiger charge is -2.09. The summed E-state index contributed by atoms with van der Waals surface area (Å²) in [5.41, 5.74) is 0.964. The van der Waals surface area contributed by atoms with Crippen molar-refractivity contribution in [2.45, 2.75) is 0 Å². The Kier molecular flexibility index (Phi) is 8.10. The summed E-state index contributed by atoms with van der Waals surface area (Å²) in [5.74, 6) is -1.43. The molecule has 0 aliphatic carbocycles. The number of benzene rings is 4. The van der Waals surface area contributed by atoms with Crippen LogP contribution < -0.4 is 10.1 Å². The Bertz CT molecular complexity index is 1510. The quantitative estimate of drug-likeness (QED) is 0.116. The van der Waals surface area contributed by atoms with E-state index in [0.29, 0.717) is 11.3 Å². The van der Waals surface area contributed by atoms with Crippen LogP contribution in [0, 0.1) is 10.1 Å². The number of nitrogens with zero attached hydrogens (tertiary/aromatic N) is 1. The Morgan fingerprint density at radius 3 is 2.21 bits per heavy atom. The van der Waals surface area contributed by atoms with Gasteiger partial charge in [-0.15, -0.1) is 0 Å². The SMILES string of the molecule is O=C(COC(=O)c1cccc(NC(=O)c2ccccc2)c1)c1ccc(Oc2c(Cl)cccc2[N+](=O)[O-])cc1. The molecule has 4 rings (SSSR count). The summed E-state index contributed by atoms with van der Waals surface area (Å²) in [6.45, 7) is -0.518. The summed E-state index contributed by atoms with van der Waals surface area (Å²) in [6.07, 6.45) is 0. The molecule has 38 heavy (non-hydrogen) atoms. The number of anilines is 1. The molecule has 0 aromatic heterocycles. The third-order valence-electron chi connectivity index (χ3n) is 5.27. The molecule has 0 spiro atoms. The van der Waals surface area contributed by atoms with Crippen LogP contribution in [0.25, 0.3) is 0 Å². The fraction of sp³-hybridized carbons (Fsp3) is 0.0357. The summed E-state index contributed by atoms with van der Waals surface area (Å²) in [6, 6.07) is 24.7. The number of esters is 1. The first-order valence-corrected chi connectivity index (χ1v) is 11.6. The number of nitro benzene ring substituents is 1. The van der Waals surface area contributed by atoms with Crippen LogP contribution in [-0.4, -0.2) is 29.2 Å². The minimum absolute atomic E-state index is 0.0648. The number of amides is 1. The van der Waals surface area contributed by atoms with E-state index in [1.165, 1.54) is 54.6 Å². The van der Waals surface area contributed by atoms with Crippen molar-refractivity contribution >= 4 is 40.6 Å². The van der Waals surface area contributed by atoms with Crippen LogP contribution in [0.4, 0.5) is 11.4 Å². The smallest absolute Gasteiger partial charge is 0.338 e. The van der Waals surface area contributed by atoms with Crippen molar-refractivity contribution in [3.8, 4) is 11.5 Å². The molecule has 190 valence electrons. The van der Waals surface area contributed by atoms with E-state index in [9.17, 15) is 24.5 Å². The lowest BCUT2D eigenvalue weighted by molar-refractivity contribution is -0.385. The second-order valence-corrected chi connectivity index (χ2v) is 8.28. The minimum atomic E-state index is -0.736. The zero-order valence-electron chi connectivity index (χ0n) is 19.6. The van der Waals surface area contributed by atoms with E-state index in [1.54, 1.807) is 42.5 Å². The van der Waals surface area contributed by atoms with Crippen molar-refractivity contribution in [1.29, 1.82) is 0 Å². The molecule has 0 aliphatic rings. The number of para-hydroxylation sites is 1. The standard InChI is InChI=1S/C28H19ClN2O7/c29-23-10-5-11-24(31(35)36)26(23)38-22-14-12-18(13-15-22)25(32)17-37-28(34)20-8-4-9-21(16-20)30-27(33)19-6-2-1-3-7-19/h1-16H,17H2,(H,30,33). The first kappa shape index (κ1) is 26.1. The van der Waals surface area contributed by atoms with Gasteiger partial charge in [0.2, 0.25) is 5.75 Å². The first-order chi connectivity index (χ1) is 18.3. The van der Waals surface area contributed by atoms with Crippen molar-refractivity contribution in [3.05, 3.63) is 129 Å². The van der Waals surface area contributed by atoms with Crippen LogP contribution in [-0.2, 0) is 4.74 Å². The van der Waals surface area contributed by atoms with E-state index in [-0.39, 0.29) is 39.2 Å². The predicted molar refractivity (Wildman–Crippen MR) is 140 cm³/mol. The van der Waals surface area contributed by atoms with Crippen LogP contribution in [0.15, 0.2) is 97.1 Å². The largest absolute Gasteiger partial charge is 0.454 e. The van der Waals surface area contributed by atoms with Crippen molar-refractivity contribution in [2.75, 3.05) is 11.9 Å². The number of rotatable bonds is 9. The molecule has 0 saturated carbocycles. The number of nitro groups is 1. The lowest BCUT2D eigenvalue weighted by atomic mass is 10.1. The fourth-order valence-corrected chi connectivity index (χ4v) is 3.59. The van der Waals surface area contributed by atoms with Crippen LogP contribution in [0.2, 0.25) is 5.02 Å². The maximum Gasteiger partial charge on any atom is 0.338 e. The zero-order chi connectivity index (χ0) is 27.1. The minimum Gasteiger partial charge on any atom is -0.454 e. The van der Waals surface area contributed by atoms with Gasteiger partial charge < -0.3 is 14.8 Å². The number of hydrogen-bond acceptors (Lipinski definition) is 7. The van der Waals surface area contributed by atoms with Gasteiger partial charge in [-0.25, -0.2) is 4.79 Å². The summed E-state index contributed by atoms with van der Waals surface area (Å²) >= 11 is 6.04. The van der Waals surface area contributed by atoms with Crippen molar-refractivity contribution in [2.24, 2.45) is 0 Å². The van der Waals surface area contributed by atoms with Gasteiger partial charge in [0.25, 0.3) is 5.91 Å². The van der Waals surface area contributed by atoms with Gasteiger partial charge in [-0.3, -0.25) is 19.7 Å². The highest BCUT2D eigenvalue weighted by Crippen LogP contribution is 2.37. The van der Waals surface area contributed by atoms with Gasteiger partial charge in [-0.1, -0.05) is 41.9 Å². The van der Waals surface area contributed by atoms with Crippen molar-refractivity contribution < 1.29 is 28.8 Å². The number of ether oxygens (including phenoxy) is 2. The van der Waals surface area contributed by atoms with Crippen LogP contribution in [0.1, 0.15) is 31.1 Å². The Labute approximate surface area is 221 Å². The molecule has 4 aromatic rings. The molecule has 0 heterocycles. The van der Waals surface area contributed by atoms with E-state index < -0.39 is 23.3 Å². The van der Waals surface area contributed by atoms with E-state index in [4.69, 9.17) is 21.1 Å². The molecule has 0 aliphatic heterocycles. The van der Waals surface area contributed by atoms with Gasteiger partial charge in [-0.2, -0.15) is 0 Å². The van der Waals surface area contributed by atoms with Crippen LogP contribution in [0.3, 0.4) is 0 Å². The second-order valence-electron chi connectivity index (χ2n) is 7.87. The van der Waals surface area contributed by atoms with E-state index >= 15 is 0 Å². The number of halogens is 1. The highest BCUT2D eigenvalue weighted by Gasteiger charge is 2.19. The molecule has 0 bridgehead atoms. The van der Waals surface area contributed by atoms with Crippen molar-refractivity contribution in [1.82, 2.24) is 0 Å². The van der Waals surface area contributed by atoms with Crippen molar-refractivity contribution in [3.63, 3.8) is 0 Å². The lowest BCUT2D eigenvalue weighted by Crippen LogP contribution is -2.15. The number of Topliss-reactive ketones (excluding diaryl/α,β-unsaturated/α-hetero) is 1. The molecule has 0 fully saturated rings. The highest BCUT2D eigenvalue weighted by atomic mass is 35.5. The Morgan fingerprint density at radius 2 is 1.50 bits per heavy atom. The average molecular weight is 531 g/mol. The molecular formula is C28H19ClN2O7. The molecular weight excluding hydrogens is 512 g/mol. The topological polar surface area (TPSA) is 125 Å². The predicted octanol–water partition coefficient (Wildman–Crippen LogP) is 6.33. The third-order valence-corrected chi connectivity index (χ3v) is 5.56. The molecule has 0 atom stereocenters. The number of carbonyl (C=O) groups is 3. The van der Waals surface area contributed by atoms with E-state index in [2.05, 4.69) is 5.32 Å². The first-order valence-electron chi connectivity index (χ1n) is 11.2. The molecule has 0 saturated heterocycles. The molecule has 4 aromatic carbocycles. The monoisotopic (exact) mass is 530 g/mol. The summed E-state index contributed by atoms with van der Waals surface area (Å²) < 4.78 is 10.7. The second kappa shape index (κ2) is 11.8. The number of nitrogens with one attached hydrogen (secondary N) is 1. The van der Waals surface area contributed by atoms with Gasteiger partial charge in [-0.05, 0) is 60.7 Å². The van der Waals surface area contributed by atoms with Gasteiger partial charge in [0, 0.05) is 22.9 Å². The summed E-state index contributed by atoms with van der Waals surface area (Å²) in [5, 5.41) is 14.0. The molecule has 0 unspecified atom stereocenters. The summed E-state index contributed by atoms with van der Waals surface area (Å²) in [4.78, 5) is 48.0. The molecule has 9 nitrogen and oxygen atoms in total. The average Bonchev–Trinajstić information content (AvgIpc) is 2.93. The van der Waals surface area contributed by atoms with Gasteiger partial charge in [0.15, 0.2) is 12.4 Å². The van der Waals surface area contributed by atoms with Gasteiger partial charge in [0.1, 0.15) is 5.75 Å². The van der Waals surface area contributed by atoms with Crippen LogP contribution in [0.5, 0.6) is 11.5 Å². The number of carbonyl (C=O) groups excluding carboxylic acids is 3.